The maximum atomic E-state index is 12.5. The molecule has 27 heavy (non-hydrogen) atoms. The molecule has 2 unspecified atom stereocenters. The number of hydrogen-bond acceptors (Lipinski definition) is 4. The number of benzene rings is 2. The summed E-state index contributed by atoms with van der Waals surface area (Å²) < 4.78 is 5.26. The van der Waals surface area contributed by atoms with Crippen LogP contribution in [0.5, 0.6) is 5.75 Å². The van der Waals surface area contributed by atoms with Gasteiger partial charge in [0.25, 0.3) is 0 Å². The number of nitrogens with zero attached hydrogens (tertiary/aromatic N) is 2. The first-order valence-electron chi connectivity index (χ1n) is 9.18. The molecule has 0 fully saturated rings. The summed E-state index contributed by atoms with van der Waals surface area (Å²) in [4.78, 5) is 19.1. The lowest BCUT2D eigenvalue weighted by atomic mass is 9.80. The molecule has 0 bridgehead atoms. The predicted molar refractivity (Wildman–Crippen MR) is 106 cm³/mol. The van der Waals surface area contributed by atoms with Crippen LogP contribution in [0.25, 0.3) is 0 Å². The van der Waals surface area contributed by atoms with E-state index >= 15 is 0 Å². The number of aliphatic carboxylic acids is 1. The lowest BCUT2D eigenvalue weighted by Crippen LogP contribution is -2.47. The average molecular weight is 366 g/mol. The van der Waals surface area contributed by atoms with Crippen LogP contribution in [0.3, 0.4) is 0 Å². The number of rotatable bonds is 7. The zero-order chi connectivity index (χ0) is 19.4. The molecule has 0 amide bonds. The molecule has 1 aliphatic rings. The first kappa shape index (κ1) is 19.0. The summed E-state index contributed by atoms with van der Waals surface area (Å²) in [5.41, 5.74) is 0.624. The Kier molecular flexibility index (Phi) is 5.49. The van der Waals surface area contributed by atoms with Gasteiger partial charge in [0.15, 0.2) is 5.54 Å². The van der Waals surface area contributed by atoms with Crippen molar-refractivity contribution in [1.82, 2.24) is 4.90 Å². The first-order chi connectivity index (χ1) is 13.0. The highest BCUT2D eigenvalue weighted by molar-refractivity contribution is 5.86. The van der Waals surface area contributed by atoms with Gasteiger partial charge in [-0.2, -0.15) is 0 Å². The van der Waals surface area contributed by atoms with Gasteiger partial charge >= 0.3 is 5.97 Å². The molecular weight excluding hydrogens is 340 g/mol. The van der Waals surface area contributed by atoms with Crippen LogP contribution in [0, 0.1) is 5.92 Å². The molecule has 0 aliphatic carbocycles. The van der Waals surface area contributed by atoms with E-state index in [0.29, 0.717) is 12.3 Å². The van der Waals surface area contributed by atoms with E-state index in [4.69, 9.17) is 4.74 Å². The highest BCUT2D eigenvalue weighted by atomic mass is 16.5. The van der Waals surface area contributed by atoms with Crippen LogP contribution in [0.1, 0.15) is 31.0 Å². The zero-order valence-electron chi connectivity index (χ0n) is 16.0. The number of carboxylic acids is 1. The Balaban J connectivity index is 2.05. The van der Waals surface area contributed by atoms with Crippen LogP contribution < -0.4 is 4.74 Å². The van der Waals surface area contributed by atoms with Crippen molar-refractivity contribution in [2.45, 2.75) is 31.8 Å². The molecule has 5 nitrogen and oxygen atoms in total. The van der Waals surface area contributed by atoms with Gasteiger partial charge in [0, 0.05) is 13.0 Å². The highest BCUT2D eigenvalue weighted by Crippen LogP contribution is 2.42. The topological polar surface area (TPSA) is 62.1 Å². The predicted octanol–water partition coefficient (Wildman–Crippen LogP) is 3.80. The van der Waals surface area contributed by atoms with Crippen molar-refractivity contribution in [2.24, 2.45) is 10.9 Å². The summed E-state index contributed by atoms with van der Waals surface area (Å²) in [5, 5.41) is 10.2. The summed E-state index contributed by atoms with van der Waals surface area (Å²) in [7, 11) is 1.62. The molecule has 0 saturated heterocycles. The number of methoxy groups -OCH3 is 1. The minimum Gasteiger partial charge on any atom is -0.497 e. The van der Waals surface area contributed by atoms with Gasteiger partial charge in [0.2, 0.25) is 0 Å². The van der Waals surface area contributed by atoms with Crippen molar-refractivity contribution in [3.8, 4) is 5.75 Å². The molecule has 0 saturated carbocycles. The first-order valence-corrected chi connectivity index (χ1v) is 9.18. The van der Waals surface area contributed by atoms with E-state index in [-0.39, 0.29) is 6.04 Å². The summed E-state index contributed by atoms with van der Waals surface area (Å²) >= 11 is 0. The highest BCUT2D eigenvalue weighted by Gasteiger charge is 2.52. The van der Waals surface area contributed by atoms with Gasteiger partial charge in [-0.3, -0.25) is 4.99 Å². The van der Waals surface area contributed by atoms with E-state index < -0.39 is 11.5 Å². The van der Waals surface area contributed by atoms with Crippen LogP contribution in [-0.2, 0) is 11.2 Å². The van der Waals surface area contributed by atoms with Gasteiger partial charge < -0.3 is 14.7 Å². The van der Waals surface area contributed by atoms with Crippen LogP contribution in [0.4, 0.5) is 0 Å². The normalized spacial score (nSPS) is 21.6. The monoisotopic (exact) mass is 366 g/mol. The van der Waals surface area contributed by atoms with Crippen molar-refractivity contribution >= 4 is 12.3 Å². The van der Waals surface area contributed by atoms with Gasteiger partial charge in [0.05, 0.1) is 19.5 Å². The van der Waals surface area contributed by atoms with Gasteiger partial charge in [0.1, 0.15) is 5.75 Å². The SMILES string of the molecule is COc1ccc(C2N(CC(C)C)C=NC2(Cc2ccccc2)C(=O)O)cc1. The molecule has 2 aromatic rings. The number of aliphatic imine (C=N–C) groups is 1. The Hall–Kier alpha value is -2.82. The minimum atomic E-state index is -1.26. The van der Waals surface area contributed by atoms with Gasteiger partial charge in [-0.25, -0.2) is 4.79 Å². The third kappa shape index (κ3) is 3.82. The lowest BCUT2D eigenvalue weighted by Gasteiger charge is -2.35. The Morgan fingerprint density at radius 1 is 1.19 bits per heavy atom. The second-order valence-corrected chi connectivity index (χ2v) is 7.40. The molecule has 1 heterocycles. The molecule has 0 aromatic heterocycles. The number of carboxylic acid groups (broad SMARTS) is 1. The van der Waals surface area contributed by atoms with Crippen molar-refractivity contribution in [3.63, 3.8) is 0 Å². The van der Waals surface area contributed by atoms with Crippen molar-refractivity contribution in [3.05, 3.63) is 65.7 Å². The summed E-state index contributed by atoms with van der Waals surface area (Å²) in [5.74, 6) is 0.227. The Labute approximate surface area is 160 Å². The molecule has 2 aromatic carbocycles. The van der Waals surface area contributed by atoms with E-state index in [9.17, 15) is 9.90 Å². The van der Waals surface area contributed by atoms with E-state index in [1.807, 2.05) is 54.6 Å². The van der Waals surface area contributed by atoms with E-state index in [1.54, 1.807) is 13.4 Å². The van der Waals surface area contributed by atoms with Gasteiger partial charge in [-0.15, -0.1) is 0 Å². The van der Waals surface area contributed by atoms with Gasteiger partial charge in [-0.05, 0) is 29.2 Å². The molecule has 3 rings (SSSR count). The maximum Gasteiger partial charge on any atom is 0.334 e. The summed E-state index contributed by atoms with van der Waals surface area (Å²) in [6.45, 7) is 4.98. The van der Waals surface area contributed by atoms with E-state index in [0.717, 1.165) is 23.4 Å². The zero-order valence-corrected chi connectivity index (χ0v) is 16.0. The Morgan fingerprint density at radius 3 is 2.41 bits per heavy atom. The molecule has 1 N–H and O–H groups in total. The molecule has 2 atom stereocenters. The molecular formula is C22H26N2O3. The molecule has 5 heteroatoms. The van der Waals surface area contributed by atoms with Crippen LogP contribution in [-0.4, -0.2) is 41.5 Å². The van der Waals surface area contributed by atoms with Crippen LogP contribution in [0.15, 0.2) is 59.6 Å². The largest absolute Gasteiger partial charge is 0.497 e. The molecule has 1 aliphatic heterocycles. The lowest BCUT2D eigenvalue weighted by molar-refractivity contribution is -0.144. The number of hydrogen-bond donors (Lipinski definition) is 1. The van der Waals surface area contributed by atoms with Gasteiger partial charge in [-0.1, -0.05) is 56.3 Å². The fourth-order valence-corrected chi connectivity index (χ4v) is 3.71. The fraction of sp³-hybridized carbons (Fsp3) is 0.364. The van der Waals surface area contributed by atoms with Crippen LogP contribution in [0.2, 0.25) is 0 Å². The Bertz CT molecular complexity index is 802. The van der Waals surface area contributed by atoms with Crippen molar-refractivity contribution < 1.29 is 14.6 Å². The second kappa shape index (κ2) is 7.82. The van der Waals surface area contributed by atoms with E-state index in [2.05, 4.69) is 23.7 Å². The Morgan fingerprint density at radius 2 is 1.85 bits per heavy atom. The van der Waals surface area contributed by atoms with Crippen molar-refractivity contribution in [1.29, 1.82) is 0 Å². The average Bonchev–Trinajstić information content (AvgIpc) is 3.01. The third-order valence-corrected chi connectivity index (χ3v) is 4.91. The second-order valence-electron chi connectivity index (χ2n) is 7.40. The number of ether oxygens (including phenoxy) is 1. The quantitative estimate of drug-likeness (QED) is 0.810. The summed E-state index contributed by atoms with van der Waals surface area (Å²) in [6, 6.07) is 16.9. The standard InChI is InChI=1S/C22H26N2O3/c1-16(2)14-24-15-23-22(21(25)26,13-17-7-5-4-6-8-17)20(24)18-9-11-19(27-3)12-10-18/h4-12,15-16,20H,13-14H2,1-3H3,(H,25,26). The van der Waals surface area contributed by atoms with E-state index in [1.165, 1.54) is 0 Å². The van der Waals surface area contributed by atoms with Crippen LogP contribution >= 0.6 is 0 Å². The number of carbonyl (C=O) groups is 1. The maximum absolute atomic E-state index is 12.5. The molecule has 0 spiro atoms. The third-order valence-electron chi connectivity index (χ3n) is 4.91. The minimum absolute atomic E-state index is 0.338. The fourth-order valence-electron chi connectivity index (χ4n) is 3.71. The molecule has 142 valence electrons. The molecule has 0 radical (unpaired) electrons. The summed E-state index contributed by atoms with van der Waals surface area (Å²) in [6.07, 6.45) is 2.05. The van der Waals surface area contributed by atoms with Crippen molar-refractivity contribution in [2.75, 3.05) is 13.7 Å². The smallest absolute Gasteiger partial charge is 0.334 e.